The molecule has 4 nitrogen and oxygen atoms in total. The van der Waals surface area contributed by atoms with E-state index in [4.69, 9.17) is 9.97 Å². The molecule has 0 unspecified atom stereocenters. The van der Waals surface area contributed by atoms with Gasteiger partial charge in [-0.05, 0) is 79.7 Å². The van der Waals surface area contributed by atoms with Crippen molar-refractivity contribution in [2.45, 2.75) is 0 Å². The summed E-state index contributed by atoms with van der Waals surface area (Å²) < 4.78 is 0. The Balaban J connectivity index is 1.26. The van der Waals surface area contributed by atoms with Gasteiger partial charge in [-0.1, -0.05) is 127 Å². The third-order valence-electron chi connectivity index (χ3n) is 9.26. The molecule has 0 atom stereocenters. The summed E-state index contributed by atoms with van der Waals surface area (Å²) in [7, 11) is 0. The average molecular weight is 639 g/mol. The van der Waals surface area contributed by atoms with E-state index in [9.17, 15) is 0 Å². The second kappa shape index (κ2) is 12.7. The van der Waals surface area contributed by atoms with Gasteiger partial charge >= 0.3 is 0 Å². The van der Waals surface area contributed by atoms with E-state index in [1.165, 1.54) is 38.2 Å². The fraction of sp³-hybridized carbons (Fsp3) is 0. The van der Waals surface area contributed by atoms with Crippen LogP contribution >= 0.6 is 0 Å². The fourth-order valence-corrected chi connectivity index (χ4v) is 7.02. The average Bonchev–Trinajstić information content (AvgIpc) is 3.20. The van der Waals surface area contributed by atoms with E-state index in [0.717, 1.165) is 44.8 Å². The van der Waals surface area contributed by atoms with Gasteiger partial charge in [0, 0.05) is 47.0 Å². The molecule has 4 heteroatoms. The zero-order valence-electron chi connectivity index (χ0n) is 27.1. The van der Waals surface area contributed by atoms with Crippen LogP contribution < -0.4 is 0 Å². The largest absolute Gasteiger partial charge is 0.264 e. The molecule has 0 radical (unpaired) electrons. The molecular formula is C46H30N4. The lowest BCUT2D eigenvalue weighted by molar-refractivity contribution is 1.18. The van der Waals surface area contributed by atoms with Crippen molar-refractivity contribution in [3.63, 3.8) is 0 Å². The number of aromatic nitrogens is 4. The Hall–Kier alpha value is -6.78. The predicted molar refractivity (Wildman–Crippen MR) is 205 cm³/mol. The first-order valence-corrected chi connectivity index (χ1v) is 16.7. The number of fused-ring (bicyclic) bond motifs is 2. The van der Waals surface area contributed by atoms with Crippen LogP contribution in [0.25, 0.3) is 88.8 Å². The Kier molecular flexibility index (Phi) is 7.45. The van der Waals surface area contributed by atoms with Gasteiger partial charge in [-0.25, -0.2) is 9.97 Å². The molecule has 9 rings (SSSR count). The van der Waals surface area contributed by atoms with Gasteiger partial charge in [0.15, 0.2) is 5.82 Å². The second-order valence-electron chi connectivity index (χ2n) is 12.3. The van der Waals surface area contributed by atoms with Crippen LogP contribution in [0.2, 0.25) is 0 Å². The Morgan fingerprint density at radius 2 is 0.800 bits per heavy atom. The monoisotopic (exact) mass is 638 g/mol. The van der Waals surface area contributed by atoms with E-state index >= 15 is 0 Å². The second-order valence-corrected chi connectivity index (χ2v) is 12.3. The highest BCUT2D eigenvalue weighted by atomic mass is 14.9. The number of benzene rings is 6. The third-order valence-corrected chi connectivity index (χ3v) is 9.26. The quantitative estimate of drug-likeness (QED) is 0.170. The van der Waals surface area contributed by atoms with E-state index < -0.39 is 0 Å². The summed E-state index contributed by atoms with van der Waals surface area (Å²) in [4.78, 5) is 19.1. The van der Waals surface area contributed by atoms with Gasteiger partial charge in [0.1, 0.15) is 0 Å². The summed E-state index contributed by atoms with van der Waals surface area (Å²) in [5, 5.41) is 4.89. The highest BCUT2D eigenvalue weighted by molar-refractivity contribution is 6.21. The lowest BCUT2D eigenvalue weighted by atomic mass is 9.85. The molecule has 0 saturated carbocycles. The summed E-state index contributed by atoms with van der Waals surface area (Å²) in [5.41, 5.74) is 11.4. The van der Waals surface area contributed by atoms with Crippen molar-refractivity contribution in [2.75, 3.05) is 0 Å². The van der Waals surface area contributed by atoms with Crippen molar-refractivity contribution in [3.05, 3.63) is 183 Å². The summed E-state index contributed by atoms with van der Waals surface area (Å²) in [5.74, 6) is 0.648. The van der Waals surface area contributed by atoms with Gasteiger partial charge in [0.2, 0.25) is 0 Å². The number of hydrogen-bond acceptors (Lipinski definition) is 4. The van der Waals surface area contributed by atoms with Crippen LogP contribution in [0.4, 0.5) is 0 Å². The van der Waals surface area contributed by atoms with Crippen molar-refractivity contribution in [3.8, 4) is 67.3 Å². The van der Waals surface area contributed by atoms with E-state index in [1.54, 1.807) is 12.4 Å². The van der Waals surface area contributed by atoms with E-state index in [2.05, 4.69) is 137 Å². The van der Waals surface area contributed by atoms with Crippen LogP contribution in [0.3, 0.4) is 0 Å². The molecule has 234 valence electrons. The Morgan fingerprint density at radius 1 is 0.320 bits per heavy atom. The van der Waals surface area contributed by atoms with E-state index in [1.807, 2.05) is 42.7 Å². The first kappa shape index (κ1) is 29.4. The summed E-state index contributed by atoms with van der Waals surface area (Å²) in [6.07, 6.45) is 7.31. The molecule has 3 heterocycles. The topological polar surface area (TPSA) is 51.6 Å². The summed E-state index contributed by atoms with van der Waals surface area (Å²) >= 11 is 0. The standard InChI is InChI=1S/C46H30N4/c1-2-13-31(14-3-1)44-37-20-5-7-22-39(37)45(40-23-8-6-21-38(40)44)33-16-10-15-32(27-33)42-28-43(35-18-12-26-48-30-35)50-46(49-42)41-24-9-4-19-36(41)34-17-11-25-47-29-34/h1-30H. The molecule has 0 aliphatic rings. The van der Waals surface area contributed by atoms with Crippen molar-refractivity contribution in [2.24, 2.45) is 0 Å². The third kappa shape index (κ3) is 5.29. The van der Waals surface area contributed by atoms with Crippen molar-refractivity contribution < 1.29 is 0 Å². The molecule has 0 aliphatic heterocycles. The van der Waals surface area contributed by atoms with Gasteiger partial charge < -0.3 is 0 Å². The highest BCUT2D eigenvalue weighted by Crippen LogP contribution is 2.44. The Morgan fingerprint density at radius 3 is 1.42 bits per heavy atom. The van der Waals surface area contributed by atoms with Gasteiger partial charge in [0.25, 0.3) is 0 Å². The molecule has 0 amide bonds. The van der Waals surface area contributed by atoms with E-state index in [-0.39, 0.29) is 0 Å². The zero-order chi connectivity index (χ0) is 33.3. The Labute approximate surface area is 290 Å². The minimum absolute atomic E-state index is 0.648. The SMILES string of the molecule is c1ccc(-c2c3ccccc3c(-c3cccc(-c4cc(-c5cccnc5)nc(-c5ccccc5-c5cccnc5)n4)c3)c3ccccc23)cc1. The molecule has 50 heavy (non-hydrogen) atoms. The van der Waals surface area contributed by atoms with Crippen LogP contribution in [0.1, 0.15) is 0 Å². The van der Waals surface area contributed by atoms with E-state index in [0.29, 0.717) is 5.82 Å². The molecule has 0 spiro atoms. The molecule has 0 N–H and O–H groups in total. The number of nitrogens with zero attached hydrogens (tertiary/aromatic N) is 4. The van der Waals surface area contributed by atoms with Crippen molar-refractivity contribution in [1.29, 1.82) is 0 Å². The molecule has 9 aromatic rings. The highest BCUT2D eigenvalue weighted by Gasteiger charge is 2.18. The first-order chi connectivity index (χ1) is 24.8. The van der Waals surface area contributed by atoms with Gasteiger partial charge in [0.05, 0.1) is 11.4 Å². The Bertz CT molecular complexity index is 2580. The van der Waals surface area contributed by atoms with Crippen LogP contribution in [0.15, 0.2) is 183 Å². The van der Waals surface area contributed by atoms with Gasteiger partial charge in [-0.15, -0.1) is 0 Å². The van der Waals surface area contributed by atoms with Crippen LogP contribution in [-0.2, 0) is 0 Å². The maximum absolute atomic E-state index is 5.25. The maximum Gasteiger partial charge on any atom is 0.161 e. The van der Waals surface area contributed by atoms with Gasteiger partial charge in [-0.2, -0.15) is 0 Å². The molecule has 3 aromatic heterocycles. The molecule has 0 bridgehead atoms. The normalized spacial score (nSPS) is 11.2. The molecule has 6 aromatic carbocycles. The van der Waals surface area contributed by atoms with Crippen LogP contribution in [0, 0.1) is 0 Å². The van der Waals surface area contributed by atoms with Gasteiger partial charge in [-0.3, -0.25) is 9.97 Å². The lowest BCUT2D eigenvalue weighted by Crippen LogP contribution is -1.98. The molecular weight excluding hydrogens is 609 g/mol. The molecule has 0 aliphatic carbocycles. The predicted octanol–water partition coefficient (Wildman–Crippen LogP) is 11.6. The number of hydrogen-bond donors (Lipinski definition) is 0. The summed E-state index contributed by atoms with van der Waals surface area (Å²) in [6.45, 7) is 0. The smallest absolute Gasteiger partial charge is 0.161 e. The first-order valence-electron chi connectivity index (χ1n) is 16.7. The van der Waals surface area contributed by atoms with Crippen molar-refractivity contribution >= 4 is 21.5 Å². The van der Waals surface area contributed by atoms with Crippen LogP contribution in [-0.4, -0.2) is 19.9 Å². The number of pyridine rings is 2. The minimum Gasteiger partial charge on any atom is -0.264 e. The van der Waals surface area contributed by atoms with Crippen LogP contribution in [0.5, 0.6) is 0 Å². The summed E-state index contributed by atoms with van der Waals surface area (Å²) in [6, 6.07) is 55.3. The lowest BCUT2D eigenvalue weighted by Gasteiger charge is -2.18. The molecule has 0 fully saturated rings. The minimum atomic E-state index is 0.648. The molecule has 0 saturated heterocycles. The zero-order valence-corrected chi connectivity index (χ0v) is 27.1. The maximum atomic E-state index is 5.25. The number of rotatable bonds is 6. The van der Waals surface area contributed by atoms with Crippen molar-refractivity contribution in [1.82, 2.24) is 19.9 Å². The fourth-order valence-electron chi connectivity index (χ4n) is 7.02.